The van der Waals surface area contributed by atoms with Crippen molar-refractivity contribution in [2.45, 2.75) is 31.8 Å². The van der Waals surface area contributed by atoms with Crippen LogP contribution in [0.3, 0.4) is 0 Å². The summed E-state index contributed by atoms with van der Waals surface area (Å²) in [6.07, 6.45) is 2.94. The average Bonchev–Trinajstić information content (AvgIpc) is 3.03. The van der Waals surface area contributed by atoms with E-state index in [1.54, 1.807) is 0 Å². The molecule has 1 aliphatic rings. The summed E-state index contributed by atoms with van der Waals surface area (Å²) in [7, 11) is 0. The Hall–Kier alpha value is -2.20. The maximum Gasteiger partial charge on any atom is 0.220 e. The van der Waals surface area contributed by atoms with Crippen LogP contribution in [0.25, 0.3) is 0 Å². The molecule has 1 heterocycles. The minimum Gasteiger partial charge on any atom is -0.488 e. The molecule has 1 amide bonds. The van der Waals surface area contributed by atoms with Gasteiger partial charge >= 0.3 is 0 Å². The number of halogens is 1. The third kappa shape index (κ3) is 5.13. The fourth-order valence-corrected chi connectivity index (χ4v) is 2.98. The number of unbranched alkanes of at least 4 members (excludes halogenated alkanes) is 1. The molecule has 5 heteroatoms. The van der Waals surface area contributed by atoms with Crippen LogP contribution in [-0.2, 0) is 11.2 Å². The molecule has 3 rings (SSSR count). The van der Waals surface area contributed by atoms with E-state index in [2.05, 4.69) is 5.32 Å². The summed E-state index contributed by atoms with van der Waals surface area (Å²) in [5.74, 6) is 3.11. The molecule has 0 unspecified atom stereocenters. The van der Waals surface area contributed by atoms with Crippen LogP contribution >= 0.6 is 11.6 Å². The predicted octanol–water partition coefficient (Wildman–Crippen LogP) is 4.31. The first-order valence-corrected chi connectivity index (χ1v) is 9.13. The van der Waals surface area contributed by atoms with Gasteiger partial charge in [-0.3, -0.25) is 4.79 Å². The van der Waals surface area contributed by atoms with Crippen LogP contribution in [0.1, 0.15) is 24.8 Å². The van der Waals surface area contributed by atoms with Crippen molar-refractivity contribution in [3.05, 3.63) is 54.1 Å². The zero-order valence-electron chi connectivity index (χ0n) is 14.0. The van der Waals surface area contributed by atoms with Gasteiger partial charge in [-0.1, -0.05) is 18.2 Å². The predicted molar refractivity (Wildman–Crippen MR) is 98.7 cm³/mol. The molecular formula is C20H22ClNO3. The van der Waals surface area contributed by atoms with Crippen molar-refractivity contribution in [2.24, 2.45) is 0 Å². The van der Waals surface area contributed by atoms with E-state index < -0.39 is 0 Å². The Labute approximate surface area is 153 Å². The SMILES string of the molecule is O=C(CCCCCl)NC[C@H]1Cc2cc(Oc3ccccc3)ccc2O1. The normalized spacial score (nSPS) is 15.3. The number of benzene rings is 2. The first kappa shape index (κ1) is 17.6. The van der Waals surface area contributed by atoms with Crippen LogP contribution in [0.15, 0.2) is 48.5 Å². The van der Waals surface area contributed by atoms with Gasteiger partial charge in [-0.25, -0.2) is 0 Å². The standard InChI is InChI=1S/C20H22ClNO3/c21-11-5-4-8-20(23)22-14-18-13-15-12-17(9-10-19(15)25-18)24-16-6-2-1-3-7-16/h1-3,6-7,9-10,12,18H,4-5,8,11,13-14H2,(H,22,23)/t18-/m1/s1. The van der Waals surface area contributed by atoms with Crippen LogP contribution < -0.4 is 14.8 Å². The number of hydrogen-bond acceptors (Lipinski definition) is 3. The molecule has 0 fully saturated rings. The lowest BCUT2D eigenvalue weighted by molar-refractivity contribution is -0.121. The zero-order chi connectivity index (χ0) is 17.5. The number of alkyl halides is 1. The monoisotopic (exact) mass is 359 g/mol. The molecule has 1 atom stereocenters. The highest BCUT2D eigenvalue weighted by Crippen LogP contribution is 2.33. The van der Waals surface area contributed by atoms with Gasteiger partial charge < -0.3 is 14.8 Å². The topological polar surface area (TPSA) is 47.6 Å². The second-order valence-electron chi connectivity index (χ2n) is 6.08. The number of carbonyl (C=O) groups is 1. The summed E-state index contributed by atoms with van der Waals surface area (Å²) in [6, 6.07) is 15.5. The number of rotatable bonds is 8. The first-order chi connectivity index (χ1) is 12.2. The van der Waals surface area contributed by atoms with E-state index in [0.29, 0.717) is 18.8 Å². The van der Waals surface area contributed by atoms with Crippen molar-refractivity contribution in [3.63, 3.8) is 0 Å². The summed E-state index contributed by atoms with van der Waals surface area (Å²) in [4.78, 5) is 11.8. The highest BCUT2D eigenvalue weighted by atomic mass is 35.5. The molecule has 132 valence electrons. The average molecular weight is 360 g/mol. The summed E-state index contributed by atoms with van der Waals surface area (Å²) < 4.78 is 11.8. The molecule has 1 N–H and O–H groups in total. The lowest BCUT2D eigenvalue weighted by Crippen LogP contribution is -2.34. The minimum atomic E-state index is -0.0287. The van der Waals surface area contributed by atoms with E-state index in [9.17, 15) is 4.79 Å². The van der Waals surface area contributed by atoms with Crippen molar-refractivity contribution in [1.82, 2.24) is 5.32 Å². The van der Waals surface area contributed by atoms with Gasteiger partial charge in [0.05, 0.1) is 6.54 Å². The second-order valence-corrected chi connectivity index (χ2v) is 6.46. The molecule has 2 aromatic rings. The number of hydrogen-bond donors (Lipinski definition) is 1. The highest BCUT2D eigenvalue weighted by molar-refractivity contribution is 6.17. The minimum absolute atomic E-state index is 0.0287. The van der Waals surface area contributed by atoms with Gasteiger partial charge in [0.25, 0.3) is 0 Å². The smallest absolute Gasteiger partial charge is 0.220 e. The number of amides is 1. The van der Waals surface area contributed by atoms with Crippen molar-refractivity contribution >= 4 is 17.5 Å². The fourth-order valence-electron chi connectivity index (χ4n) is 2.79. The van der Waals surface area contributed by atoms with E-state index in [1.807, 2.05) is 48.5 Å². The number of carbonyl (C=O) groups excluding carboxylic acids is 1. The summed E-state index contributed by atoms with van der Waals surface area (Å²) in [6.45, 7) is 0.517. The van der Waals surface area contributed by atoms with Crippen molar-refractivity contribution in [2.75, 3.05) is 12.4 Å². The summed E-state index contributed by atoms with van der Waals surface area (Å²) in [5, 5.41) is 2.93. The van der Waals surface area contributed by atoms with Gasteiger partial charge in [-0.2, -0.15) is 0 Å². The van der Waals surface area contributed by atoms with Crippen LogP contribution in [0.2, 0.25) is 0 Å². The van der Waals surface area contributed by atoms with Crippen LogP contribution in [-0.4, -0.2) is 24.4 Å². The Kier molecular flexibility index (Phi) is 6.18. The number of ether oxygens (including phenoxy) is 2. The molecule has 4 nitrogen and oxygen atoms in total. The zero-order valence-corrected chi connectivity index (χ0v) is 14.8. The van der Waals surface area contributed by atoms with Crippen LogP contribution in [0.4, 0.5) is 0 Å². The molecule has 0 radical (unpaired) electrons. The van der Waals surface area contributed by atoms with Gasteiger partial charge in [0, 0.05) is 24.3 Å². The first-order valence-electron chi connectivity index (χ1n) is 8.60. The Bertz CT molecular complexity index is 705. The molecule has 1 aliphatic heterocycles. The van der Waals surface area contributed by atoms with Gasteiger partial charge in [-0.15, -0.1) is 11.6 Å². The molecule has 0 aromatic heterocycles. The Morgan fingerprint density at radius 3 is 2.80 bits per heavy atom. The van der Waals surface area contributed by atoms with E-state index in [0.717, 1.165) is 42.1 Å². The maximum atomic E-state index is 11.8. The molecule has 0 saturated heterocycles. The molecule has 0 saturated carbocycles. The largest absolute Gasteiger partial charge is 0.488 e. The van der Waals surface area contributed by atoms with E-state index in [1.165, 1.54) is 0 Å². The van der Waals surface area contributed by atoms with E-state index in [-0.39, 0.29) is 12.0 Å². The van der Waals surface area contributed by atoms with Gasteiger partial charge in [0.2, 0.25) is 5.91 Å². The number of nitrogens with one attached hydrogen (secondary N) is 1. The molecule has 0 aliphatic carbocycles. The number of fused-ring (bicyclic) bond motifs is 1. The molecule has 0 bridgehead atoms. The molecule has 0 spiro atoms. The van der Waals surface area contributed by atoms with Crippen molar-refractivity contribution < 1.29 is 14.3 Å². The molecule has 2 aromatic carbocycles. The van der Waals surface area contributed by atoms with Crippen LogP contribution in [0.5, 0.6) is 17.2 Å². The van der Waals surface area contributed by atoms with Gasteiger partial charge in [0.1, 0.15) is 23.4 Å². The van der Waals surface area contributed by atoms with E-state index >= 15 is 0 Å². The lowest BCUT2D eigenvalue weighted by Gasteiger charge is -2.11. The summed E-state index contributed by atoms with van der Waals surface area (Å²) in [5.41, 5.74) is 1.11. The van der Waals surface area contributed by atoms with Crippen LogP contribution in [0, 0.1) is 0 Å². The fraction of sp³-hybridized carbons (Fsp3) is 0.350. The molecule has 25 heavy (non-hydrogen) atoms. The van der Waals surface area contributed by atoms with E-state index in [4.69, 9.17) is 21.1 Å². The Morgan fingerprint density at radius 2 is 2.00 bits per heavy atom. The van der Waals surface area contributed by atoms with Crippen molar-refractivity contribution in [3.8, 4) is 17.2 Å². The third-order valence-corrected chi connectivity index (χ3v) is 4.33. The van der Waals surface area contributed by atoms with Gasteiger partial charge in [-0.05, 0) is 43.2 Å². The quantitative estimate of drug-likeness (QED) is 0.564. The second kappa shape index (κ2) is 8.77. The Balaban J connectivity index is 1.50. The molecular weight excluding hydrogens is 338 g/mol. The third-order valence-electron chi connectivity index (χ3n) is 4.07. The summed E-state index contributed by atoms with van der Waals surface area (Å²) >= 11 is 5.62. The van der Waals surface area contributed by atoms with Crippen molar-refractivity contribution in [1.29, 1.82) is 0 Å². The Morgan fingerprint density at radius 1 is 1.16 bits per heavy atom. The maximum absolute atomic E-state index is 11.8. The van der Waals surface area contributed by atoms with Gasteiger partial charge in [0.15, 0.2) is 0 Å². The lowest BCUT2D eigenvalue weighted by atomic mass is 10.1. The number of para-hydroxylation sites is 1. The highest BCUT2D eigenvalue weighted by Gasteiger charge is 2.23.